The standard InChI is InChI=1S/C16H23ClN4/c1-13-16(17)15(21(3)19-13)12-18-10-7-11-20(2)14-8-5-4-6-9-14/h4-6,8-9,18H,7,10-12H2,1-3H3. The lowest BCUT2D eigenvalue weighted by Crippen LogP contribution is -2.24. The van der Waals surface area contributed by atoms with E-state index in [1.165, 1.54) is 5.69 Å². The lowest BCUT2D eigenvalue weighted by atomic mass is 10.3. The van der Waals surface area contributed by atoms with E-state index in [1.54, 1.807) is 0 Å². The van der Waals surface area contributed by atoms with Gasteiger partial charge in [-0.2, -0.15) is 5.10 Å². The van der Waals surface area contributed by atoms with Gasteiger partial charge in [-0.25, -0.2) is 0 Å². The summed E-state index contributed by atoms with van der Waals surface area (Å²) in [5.41, 5.74) is 3.19. The highest BCUT2D eigenvalue weighted by molar-refractivity contribution is 6.31. The van der Waals surface area contributed by atoms with Gasteiger partial charge in [-0.1, -0.05) is 29.8 Å². The summed E-state index contributed by atoms with van der Waals surface area (Å²) >= 11 is 6.23. The van der Waals surface area contributed by atoms with Gasteiger partial charge in [0.15, 0.2) is 0 Å². The van der Waals surface area contributed by atoms with Crippen molar-refractivity contribution in [2.45, 2.75) is 19.9 Å². The Balaban J connectivity index is 1.71. The fraction of sp³-hybridized carbons (Fsp3) is 0.438. The minimum absolute atomic E-state index is 0.755. The lowest BCUT2D eigenvalue weighted by Gasteiger charge is -2.19. The monoisotopic (exact) mass is 306 g/mol. The molecule has 0 aliphatic heterocycles. The number of aromatic nitrogens is 2. The molecule has 0 atom stereocenters. The zero-order chi connectivity index (χ0) is 15.2. The van der Waals surface area contributed by atoms with Crippen LogP contribution in [0.3, 0.4) is 0 Å². The molecule has 2 aromatic rings. The smallest absolute Gasteiger partial charge is 0.0860 e. The van der Waals surface area contributed by atoms with Crippen LogP contribution in [-0.2, 0) is 13.6 Å². The van der Waals surface area contributed by atoms with Crippen molar-refractivity contribution in [3.63, 3.8) is 0 Å². The Hall–Kier alpha value is -1.52. The summed E-state index contributed by atoms with van der Waals surface area (Å²) in [5.74, 6) is 0. The third-order valence-corrected chi connectivity index (χ3v) is 4.09. The minimum Gasteiger partial charge on any atom is -0.375 e. The van der Waals surface area contributed by atoms with Gasteiger partial charge in [0, 0.05) is 32.9 Å². The molecular weight excluding hydrogens is 284 g/mol. The first-order valence-electron chi connectivity index (χ1n) is 7.24. The van der Waals surface area contributed by atoms with Gasteiger partial charge in [-0.15, -0.1) is 0 Å². The van der Waals surface area contributed by atoms with E-state index in [9.17, 15) is 0 Å². The third-order valence-electron chi connectivity index (χ3n) is 3.60. The second-order valence-electron chi connectivity index (χ2n) is 5.26. The maximum absolute atomic E-state index is 6.23. The van der Waals surface area contributed by atoms with Gasteiger partial charge < -0.3 is 10.2 Å². The molecule has 0 aliphatic rings. The molecule has 1 aromatic carbocycles. The maximum Gasteiger partial charge on any atom is 0.0860 e. The minimum atomic E-state index is 0.755. The Morgan fingerprint density at radius 2 is 2.00 bits per heavy atom. The van der Waals surface area contributed by atoms with Crippen molar-refractivity contribution in [1.29, 1.82) is 0 Å². The molecule has 1 N–H and O–H groups in total. The van der Waals surface area contributed by atoms with Gasteiger partial charge in [0.05, 0.1) is 16.4 Å². The fourth-order valence-corrected chi connectivity index (χ4v) is 2.56. The number of halogens is 1. The van der Waals surface area contributed by atoms with Crippen LogP contribution in [0.1, 0.15) is 17.8 Å². The van der Waals surface area contributed by atoms with Crippen LogP contribution in [0.5, 0.6) is 0 Å². The van der Waals surface area contributed by atoms with Crippen molar-refractivity contribution in [2.75, 3.05) is 25.0 Å². The number of hydrogen-bond donors (Lipinski definition) is 1. The molecule has 0 bridgehead atoms. The van der Waals surface area contributed by atoms with E-state index >= 15 is 0 Å². The van der Waals surface area contributed by atoms with E-state index in [1.807, 2.05) is 24.7 Å². The summed E-state index contributed by atoms with van der Waals surface area (Å²) in [6, 6.07) is 10.4. The molecule has 0 saturated carbocycles. The molecule has 21 heavy (non-hydrogen) atoms. The SMILES string of the molecule is Cc1nn(C)c(CNCCCN(C)c2ccccc2)c1Cl. The number of benzene rings is 1. The first kappa shape index (κ1) is 15.9. The van der Waals surface area contributed by atoms with Crippen molar-refractivity contribution in [3.05, 3.63) is 46.7 Å². The zero-order valence-electron chi connectivity index (χ0n) is 12.9. The Morgan fingerprint density at radius 1 is 1.29 bits per heavy atom. The maximum atomic E-state index is 6.23. The molecule has 4 nitrogen and oxygen atoms in total. The van der Waals surface area contributed by atoms with Crippen LogP contribution in [0.25, 0.3) is 0 Å². The van der Waals surface area contributed by atoms with E-state index in [-0.39, 0.29) is 0 Å². The van der Waals surface area contributed by atoms with Crippen LogP contribution in [0.2, 0.25) is 5.02 Å². The van der Waals surface area contributed by atoms with Crippen LogP contribution < -0.4 is 10.2 Å². The molecule has 0 saturated heterocycles. The van der Waals surface area contributed by atoms with Crippen LogP contribution in [-0.4, -0.2) is 29.9 Å². The van der Waals surface area contributed by atoms with Crippen molar-refractivity contribution < 1.29 is 0 Å². The summed E-state index contributed by atoms with van der Waals surface area (Å²) < 4.78 is 1.85. The van der Waals surface area contributed by atoms with Crippen LogP contribution in [0.15, 0.2) is 30.3 Å². The predicted octanol–water partition coefficient (Wildman–Crippen LogP) is 3.00. The van der Waals surface area contributed by atoms with Crippen molar-refractivity contribution >= 4 is 17.3 Å². The van der Waals surface area contributed by atoms with Crippen molar-refractivity contribution in [3.8, 4) is 0 Å². The number of anilines is 1. The highest BCUT2D eigenvalue weighted by atomic mass is 35.5. The summed E-state index contributed by atoms with van der Waals surface area (Å²) in [4.78, 5) is 2.27. The van der Waals surface area contributed by atoms with Crippen LogP contribution >= 0.6 is 11.6 Å². The number of aryl methyl sites for hydroxylation is 2. The third kappa shape index (κ3) is 4.22. The Labute approximate surface area is 131 Å². The molecule has 0 aliphatic carbocycles. The molecule has 0 unspecified atom stereocenters. The molecule has 0 radical (unpaired) electrons. The number of para-hydroxylation sites is 1. The van der Waals surface area contributed by atoms with Gasteiger partial charge in [0.1, 0.15) is 0 Å². The fourth-order valence-electron chi connectivity index (χ4n) is 2.33. The number of rotatable bonds is 7. The van der Waals surface area contributed by atoms with E-state index in [2.05, 4.69) is 46.6 Å². The lowest BCUT2D eigenvalue weighted by molar-refractivity contribution is 0.605. The highest BCUT2D eigenvalue weighted by Gasteiger charge is 2.09. The quantitative estimate of drug-likeness (QED) is 0.798. The van der Waals surface area contributed by atoms with Crippen LogP contribution in [0, 0.1) is 6.92 Å². The Bertz CT molecular complexity index is 565. The van der Waals surface area contributed by atoms with Gasteiger partial charge in [-0.05, 0) is 32.0 Å². The largest absolute Gasteiger partial charge is 0.375 e. The van der Waals surface area contributed by atoms with Crippen molar-refractivity contribution in [1.82, 2.24) is 15.1 Å². The summed E-state index contributed by atoms with van der Waals surface area (Å²) in [7, 11) is 4.05. The molecule has 114 valence electrons. The van der Waals surface area contributed by atoms with Crippen molar-refractivity contribution in [2.24, 2.45) is 7.05 Å². The molecule has 0 fully saturated rings. The highest BCUT2D eigenvalue weighted by Crippen LogP contribution is 2.18. The predicted molar refractivity (Wildman–Crippen MR) is 89.0 cm³/mol. The molecule has 1 heterocycles. The molecule has 0 amide bonds. The summed E-state index contributed by atoms with van der Waals surface area (Å²) in [5, 5.41) is 8.52. The van der Waals surface area contributed by atoms with Gasteiger partial charge >= 0.3 is 0 Å². The number of nitrogens with one attached hydrogen (secondary N) is 1. The van der Waals surface area contributed by atoms with E-state index in [4.69, 9.17) is 11.6 Å². The van der Waals surface area contributed by atoms with E-state index < -0.39 is 0 Å². The molecule has 5 heteroatoms. The van der Waals surface area contributed by atoms with Gasteiger partial charge in [-0.3, -0.25) is 4.68 Å². The summed E-state index contributed by atoms with van der Waals surface area (Å²) in [6.07, 6.45) is 1.08. The first-order valence-corrected chi connectivity index (χ1v) is 7.62. The van der Waals surface area contributed by atoms with E-state index in [0.29, 0.717) is 0 Å². The molecule has 0 spiro atoms. The zero-order valence-corrected chi connectivity index (χ0v) is 13.7. The first-order chi connectivity index (χ1) is 10.1. The summed E-state index contributed by atoms with van der Waals surface area (Å²) in [6.45, 7) is 4.67. The van der Waals surface area contributed by atoms with Crippen LogP contribution in [0.4, 0.5) is 5.69 Å². The molecule has 2 rings (SSSR count). The Kier molecular flexibility index (Phi) is 5.65. The Morgan fingerprint density at radius 3 is 2.62 bits per heavy atom. The second kappa shape index (κ2) is 7.48. The van der Waals surface area contributed by atoms with Gasteiger partial charge in [0.2, 0.25) is 0 Å². The molecular formula is C16H23ClN4. The normalized spacial score (nSPS) is 10.9. The van der Waals surface area contributed by atoms with Gasteiger partial charge in [0.25, 0.3) is 0 Å². The number of hydrogen-bond acceptors (Lipinski definition) is 3. The average Bonchev–Trinajstić information content (AvgIpc) is 2.73. The molecule has 1 aromatic heterocycles. The van der Waals surface area contributed by atoms with E-state index in [0.717, 1.165) is 42.5 Å². The topological polar surface area (TPSA) is 33.1 Å². The number of nitrogens with zero attached hydrogens (tertiary/aromatic N) is 3. The average molecular weight is 307 g/mol. The second-order valence-corrected chi connectivity index (χ2v) is 5.64.